The lowest BCUT2D eigenvalue weighted by molar-refractivity contribution is -0.129. The summed E-state index contributed by atoms with van der Waals surface area (Å²) in [5.41, 5.74) is 0. The fourth-order valence-electron chi connectivity index (χ4n) is 4.76. The van der Waals surface area contributed by atoms with E-state index >= 15 is 0 Å². The first kappa shape index (κ1) is 31.6. The van der Waals surface area contributed by atoms with Crippen LogP contribution in [0.2, 0.25) is 0 Å². The van der Waals surface area contributed by atoms with Crippen LogP contribution in [0.1, 0.15) is 187 Å². The number of carbonyl (C=O) groups excluding carboxylic acids is 1. The molecule has 0 unspecified atom stereocenters. The van der Waals surface area contributed by atoms with Gasteiger partial charge in [0.15, 0.2) is 0 Å². The second-order valence-corrected chi connectivity index (χ2v) is 10.3. The van der Waals surface area contributed by atoms with Crippen LogP contribution in [0.3, 0.4) is 0 Å². The molecule has 0 atom stereocenters. The SMILES string of the molecule is CCCCCCCCCCCCCCCCCCCCCCCCCCCCCC(=O)F. The highest BCUT2D eigenvalue weighted by atomic mass is 19.1. The van der Waals surface area contributed by atoms with Gasteiger partial charge in [-0.15, -0.1) is 0 Å². The number of rotatable bonds is 28. The number of hydrogen-bond donors (Lipinski definition) is 0. The zero-order chi connectivity index (χ0) is 23.4. The maximum absolute atomic E-state index is 12.1. The van der Waals surface area contributed by atoms with Crippen LogP contribution in [0.4, 0.5) is 4.39 Å². The summed E-state index contributed by atoms with van der Waals surface area (Å²) in [4.78, 5) is 10.2. The van der Waals surface area contributed by atoms with Gasteiger partial charge in [-0.25, -0.2) is 0 Å². The van der Waals surface area contributed by atoms with Crippen molar-refractivity contribution < 1.29 is 9.18 Å². The Labute approximate surface area is 202 Å². The Morgan fingerprint density at radius 2 is 0.562 bits per heavy atom. The van der Waals surface area contributed by atoms with E-state index in [1.54, 1.807) is 0 Å². The number of halogens is 1. The molecule has 0 aliphatic heterocycles. The van der Waals surface area contributed by atoms with Crippen LogP contribution in [0.15, 0.2) is 0 Å². The Hall–Kier alpha value is -0.400. The number of carbonyl (C=O) groups is 1. The Bertz CT molecular complexity index is 355. The first-order chi connectivity index (χ1) is 15.8. The third kappa shape index (κ3) is 29.6. The average molecular weight is 455 g/mol. The molecule has 0 radical (unpaired) electrons. The molecule has 0 amide bonds. The van der Waals surface area contributed by atoms with Gasteiger partial charge < -0.3 is 0 Å². The summed E-state index contributed by atoms with van der Waals surface area (Å²) in [6.07, 6.45) is 37.2. The third-order valence-electron chi connectivity index (χ3n) is 6.98. The molecule has 0 saturated carbocycles. The van der Waals surface area contributed by atoms with Crippen molar-refractivity contribution in [2.24, 2.45) is 0 Å². The molecule has 0 rings (SSSR count). The average Bonchev–Trinajstić information content (AvgIpc) is 2.78. The molecule has 0 aromatic carbocycles. The van der Waals surface area contributed by atoms with Gasteiger partial charge in [0, 0.05) is 6.42 Å². The standard InChI is InChI=1S/C30H59FO/c1-2-3-4-5-6-7-8-9-10-11-12-13-14-15-16-17-18-19-20-21-22-23-24-25-26-27-28-29-30(31)32/h2-29H2,1H3. The molecule has 0 aromatic heterocycles. The zero-order valence-corrected chi connectivity index (χ0v) is 22.1. The van der Waals surface area contributed by atoms with E-state index in [1.165, 1.54) is 154 Å². The van der Waals surface area contributed by atoms with Crippen molar-refractivity contribution in [3.8, 4) is 0 Å². The van der Waals surface area contributed by atoms with Crippen LogP contribution in [0, 0.1) is 0 Å². The molecule has 0 heterocycles. The largest absolute Gasteiger partial charge is 0.301 e. The Kier molecular flexibility index (Phi) is 28.3. The van der Waals surface area contributed by atoms with E-state index in [0.29, 0.717) is 0 Å². The van der Waals surface area contributed by atoms with Crippen molar-refractivity contribution in [2.75, 3.05) is 0 Å². The molecule has 0 spiro atoms. The van der Waals surface area contributed by atoms with Crippen molar-refractivity contribution in [3.63, 3.8) is 0 Å². The molecule has 0 aromatic rings. The van der Waals surface area contributed by atoms with Gasteiger partial charge in [0.25, 0.3) is 0 Å². The minimum Gasteiger partial charge on any atom is -0.261 e. The molecule has 32 heavy (non-hydrogen) atoms. The summed E-state index contributed by atoms with van der Waals surface area (Å²) in [6, 6.07) is -1.15. The quantitative estimate of drug-likeness (QED) is 0.0848. The van der Waals surface area contributed by atoms with Gasteiger partial charge in [-0.05, 0) is 6.42 Å². The highest BCUT2D eigenvalue weighted by Gasteiger charge is 1.98. The topological polar surface area (TPSA) is 17.1 Å². The summed E-state index contributed by atoms with van der Waals surface area (Å²) in [5, 5.41) is 0. The van der Waals surface area contributed by atoms with Gasteiger partial charge in [-0.1, -0.05) is 174 Å². The van der Waals surface area contributed by atoms with Gasteiger partial charge in [-0.2, -0.15) is 4.39 Å². The van der Waals surface area contributed by atoms with Gasteiger partial charge in [0.2, 0.25) is 0 Å². The summed E-state index contributed by atoms with van der Waals surface area (Å²) in [5.74, 6) is 0. The maximum atomic E-state index is 12.1. The molecule has 0 aliphatic rings. The first-order valence-electron chi connectivity index (χ1n) is 15.0. The molecule has 2 heteroatoms. The monoisotopic (exact) mass is 454 g/mol. The smallest absolute Gasteiger partial charge is 0.261 e. The molecular formula is C30H59FO. The van der Waals surface area contributed by atoms with Crippen molar-refractivity contribution in [1.29, 1.82) is 0 Å². The fourth-order valence-corrected chi connectivity index (χ4v) is 4.76. The van der Waals surface area contributed by atoms with E-state index < -0.39 is 6.04 Å². The van der Waals surface area contributed by atoms with Crippen LogP contribution in [-0.2, 0) is 4.79 Å². The predicted octanol–water partition coefficient (Wildman–Crippen LogP) is 11.4. The Morgan fingerprint density at radius 1 is 0.375 bits per heavy atom. The van der Waals surface area contributed by atoms with Crippen molar-refractivity contribution in [3.05, 3.63) is 0 Å². The van der Waals surface area contributed by atoms with Crippen LogP contribution in [0.5, 0.6) is 0 Å². The van der Waals surface area contributed by atoms with Crippen molar-refractivity contribution in [2.45, 2.75) is 187 Å². The molecule has 0 fully saturated rings. The van der Waals surface area contributed by atoms with E-state index in [-0.39, 0.29) is 6.42 Å². The van der Waals surface area contributed by atoms with E-state index in [9.17, 15) is 9.18 Å². The maximum Gasteiger partial charge on any atom is 0.301 e. The van der Waals surface area contributed by atoms with Gasteiger partial charge >= 0.3 is 6.04 Å². The minimum atomic E-state index is -1.15. The van der Waals surface area contributed by atoms with Gasteiger partial charge in [-0.3, -0.25) is 4.79 Å². The van der Waals surface area contributed by atoms with Crippen molar-refractivity contribution in [1.82, 2.24) is 0 Å². The summed E-state index contributed by atoms with van der Waals surface area (Å²) in [6.45, 7) is 2.29. The fraction of sp³-hybridized carbons (Fsp3) is 0.967. The highest BCUT2D eigenvalue weighted by molar-refractivity contribution is 5.67. The lowest BCUT2D eigenvalue weighted by atomic mass is 10.0. The van der Waals surface area contributed by atoms with Crippen LogP contribution in [-0.4, -0.2) is 6.04 Å². The number of unbranched alkanes of at least 4 members (excludes halogenated alkanes) is 26. The van der Waals surface area contributed by atoms with E-state index in [1.807, 2.05) is 0 Å². The van der Waals surface area contributed by atoms with Crippen molar-refractivity contribution >= 4 is 6.04 Å². The second kappa shape index (κ2) is 28.6. The van der Waals surface area contributed by atoms with Crippen LogP contribution >= 0.6 is 0 Å². The molecular weight excluding hydrogens is 395 g/mol. The van der Waals surface area contributed by atoms with Gasteiger partial charge in [0.1, 0.15) is 0 Å². The number of hydrogen-bond acceptors (Lipinski definition) is 1. The van der Waals surface area contributed by atoms with E-state index in [2.05, 4.69) is 6.92 Å². The summed E-state index contributed by atoms with van der Waals surface area (Å²) >= 11 is 0. The summed E-state index contributed by atoms with van der Waals surface area (Å²) in [7, 11) is 0. The third-order valence-corrected chi connectivity index (χ3v) is 6.98. The molecule has 0 N–H and O–H groups in total. The molecule has 0 bridgehead atoms. The normalized spacial score (nSPS) is 11.3. The van der Waals surface area contributed by atoms with E-state index in [4.69, 9.17) is 0 Å². The predicted molar refractivity (Wildman–Crippen MR) is 141 cm³/mol. The molecule has 1 nitrogen and oxygen atoms in total. The molecule has 192 valence electrons. The van der Waals surface area contributed by atoms with Crippen LogP contribution < -0.4 is 0 Å². The van der Waals surface area contributed by atoms with Crippen LogP contribution in [0.25, 0.3) is 0 Å². The second-order valence-electron chi connectivity index (χ2n) is 10.3. The lowest BCUT2D eigenvalue weighted by Crippen LogP contribution is -1.87. The first-order valence-corrected chi connectivity index (χ1v) is 15.0. The molecule has 0 saturated heterocycles. The Morgan fingerprint density at radius 3 is 0.750 bits per heavy atom. The molecule has 0 aliphatic carbocycles. The van der Waals surface area contributed by atoms with Gasteiger partial charge in [0.05, 0.1) is 0 Å². The zero-order valence-electron chi connectivity index (χ0n) is 22.1. The van der Waals surface area contributed by atoms with E-state index in [0.717, 1.165) is 19.3 Å². The minimum absolute atomic E-state index is 0.124. The lowest BCUT2D eigenvalue weighted by Gasteiger charge is -2.04. The summed E-state index contributed by atoms with van der Waals surface area (Å²) < 4.78 is 12.1. The Balaban J connectivity index is 3.00. The highest BCUT2D eigenvalue weighted by Crippen LogP contribution is 2.16.